The molecule has 1 atom stereocenters. The number of carbonyl (C=O) groups is 2. The smallest absolute Gasteiger partial charge is 0.257 e. The molecule has 2 amide bonds. The summed E-state index contributed by atoms with van der Waals surface area (Å²) in [6.45, 7) is 6.03. The quantitative estimate of drug-likeness (QED) is 0.500. The molecule has 1 unspecified atom stereocenters. The van der Waals surface area contributed by atoms with Gasteiger partial charge in [-0.3, -0.25) is 9.59 Å². The van der Waals surface area contributed by atoms with Gasteiger partial charge < -0.3 is 15.0 Å². The number of benzene rings is 2. The molecule has 1 fully saturated rings. The fraction of sp³-hybridized carbons (Fsp3) is 0.280. The number of hydrogen-bond donors (Lipinski definition) is 1. The Morgan fingerprint density at radius 2 is 1.66 bits per heavy atom. The van der Waals surface area contributed by atoms with E-state index in [1.807, 2.05) is 79.4 Å². The lowest BCUT2D eigenvalue weighted by Gasteiger charge is -2.27. The maximum atomic E-state index is 13.4. The highest BCUT2D eigenvalue weighted by atomic mass is 32.2. The van der Waals surface area contributed by atoms with E-state index in [1.54, 1.807) is 0 Å². The van der Waals surface area contributed by atoms with Gasteiger partial charge in [0.1, 0.15) is 5.00 Å². The van der Waals surface area contributed by atoms with Gasteiger partial charge in [-0.15, -0.1) is 23.1 Å². The summed E-state index contributed by atoms with van der Waals surface area (Å²) in [6.07, 6.45) is 0. The number of nitrogens with one attached hydrogen (secondary N) is 1. The largest absolute Gasteiger partial charge is 0.378 e. The lowest BCUT2D eigenvalue weighted by Crippen LogP contribution is -2.41. The number of thioether (sulfide) groups is 1. The van der Waals surface area contributed by atoms with Crippen LogP contribution < -0.4 is 5.32 Å². The SMILES string of the molecule is Cc1c(-c2ccccc2)sc(NC(=O)C(C)Sc2ccccc2)c1C(=O)N1CCOCC1. The van der Waals surface area contributed by atoms with Crippen LogP contribution in [0.1, 0.15) is 22.8 Å². The third kappa shape index (κ3) is 5.06. The van der Waals surface area contributed by atoms with Crippen molar-refractivity contribution >= 4 is 39.9 Å². The fourth-order valence-corrected chi connectivity index (χ4v) is 5.71. The van der Waals surface area contributed by atoms with Crippen molar-refractivity contribution in [3.8, 4) is 10.4 Å². The number of amides is 2. The molecule has 2 aromatic carbocycles. The fourth-order valence-electron chi connectivity index (χ4n) is 3.62. The number of hydrogen-bond acceptors (Lipinski definition) is 5. The van der Waals surface area contributed by atoms with E-state index in [9.17, 15) is 9.59 Å². The molecule has 1 saturated heterocycles. The lowest BCUT2D eigenvalue weighted by atomic mass is 10.1. The highest BCUT2D eigenvalue weighted by Crippen LogP contribution is 2.41. The zero-order valence-electron chi connectivity index (χ0n) is 18.2. The number of anilines is 1. The molecule has 4 rings (SSSR count). The van der Waals surface area contributed by atoms with Crippen LogP contribution in [0.2, 0.25) is 0 Å². The summed E-state index contributed by atoms with van der Waals surface area (Å²) in [5, 5.41) is 3.38. The first-order valence-electron chi connectivity index (χ1n) is 10.6. The Labute approximate surface area is 196 Å². The van der Waals surface area contributed by atoms with Gasteiger partial charge in [-0.25, -0.2) is 0 Å². The number of ether oxygens (including phenoxy) is 1. The molecule has 1 aromatic heterocycles. The second-order valence-corrected chi connectivity index (χ2v) is 10.0. The maximum Gasteiger partial charge on any atom is 0.257 e. The zero-order chi connectivity index (χ0) is 22.5. The van der Waals surface area contributed by atoms with Crippen LogP contribution in [-0.4, -0.2) is 48.3 Å². The van der Waals surface area contributed by atoms with Crippen molar-refractivity contribution in [2.24, 2.45) is 0 Å². The summed E-state index contributed by atoms with van der Waals surface area (Å²) < 4.78 is 5.41. The van der Waals surface area contributed by atoms with E-state index < -0.39 is 0 Å². The van der Waals surface area contributed by atoms with Crippen molar-refractivity contribution in [2.45, 2.75) is 24.0 Å². The minimum atomic E-state index is -0.300. The monoisotopic (exact) mass is 466 g/mol. The second-order valence-electron chi connectivity index (χ2n) is 7.59. The van der Waals surface area contributed by atoms with E-state index in [1.165, 1.54) is 23.1 Å². The topological polar surface area (TPSA) is 58.6 Å². The molecule has 32 heavy (non-hydrogen) atoms. The van der Waals surface area contributed by atoms with Gasteiger partial charge in [0.25, 0.3) is 5.91 Å². The van der Waals surface area contributed by atoms with Crippen molar-refractivity contribution < 1.29 is 14.3 Å². The summed E-state index contributed by atoms with van der Waals surface area (Å²) in [7, 11) is 0. The van der Waals surface area contributed by atoms with Crippen LogP contribution in [0.25, 0.3) is 10.4 Å². The number of thiophene rings is 1. The molecule has 0 saturated carbocycles. The van der Waals surface area contributed by atoms with Gasteiger partial charge in [-0.1, -0.05) is 48.5 Å². The zero-order valence-corrected chi connectivity index (χ0v) is 19.8. The summed E-state index contributed by atoms with van der Waals surface area (Å²) in [5.74, 6) is -0.168. The first-order chi connectivity index (χ1) is 15.5. The van der Waals surface area contributed by atoms with E-state index in [-0.39, 0.29) is 17.1 Å². The average molecular weight is 467 g/mol. The van der Waals surface area contributed by atoms with Crippen LogP contribution in [0.4, 0.5) is 5.00 Å². The van der Waals surface area contributed by atoms with Crippen molar-refractivity contribution in [3.05, 3.63) is 71.8 Å². The molecular formula is C25H26N2O3S2. The lowest BCUT2D eigenvalue weighted by molar-refractivity contribution is -0.115. The normalized spacial score (nSPS) is 14.8. The van der Waals surface area contributed by atoms with Crippen LogP contribution in [0, 0.1) is 6.92 Å². The Kier molecular flexibility index (Phi) is 7.29. The predicted octanol–water partition coefficient (Wildman–Crippen LogP) is 5.32. The highest BCUT2D eigenvalue weighted by Gasteiger charge is 2.28. The Morgan fingerprint density at radius 3 is 2.31 bits per heavy atom. The number of morpholine rings is 1. The van der Waals surface area contributed by atoms with Crippen LogP contribution >= 0.6 is 23.1 Å². The standard InChI is InChI=1S/C25H26N2O3S2/c1-17-21(25(29)27-13-15-30-16-14-27)24(32-22(17)19-9-5-3-6-10-19)26-23(28)18(2)31-20-11-7-4-8-12-20/h3-12,18H,13-16H2,1-2H3,(H,26,28). The molecule has 166 valence electrons. The summed E-state index contributed by atoms with van der Waals surface area (Å²) in [5.41, 5.74) is 2.52. The summed E-state index contributed by atoms with van der Waals surface area (Å²) in [4.78, 5) is 30.3. The van der Waals surface area contributed by atoms with Gasteiger partial charge in [0.2, 0.25) is 5.91 Å². The number of nitrogens with zero attached hydrogens (tertiary/aromatic N) is 1. The van der Waals surface area contributed by atoms with Crippen molar-refractivity contribution in [1.29, 1.82) is 0 Å². The number of carbonyl (C=O) groups excluding carboxylic acids is 2. The third-order valence-corrected chi connectivity index (χ3v) is 7.73. The molecule has 0 bridgehead atoms. The van der Waals surface area contributed by atoms with Crippen molar-refractivity contribution in [3.63, 3.8) is 0 Å². The van der Waals surface area contributed by atoms with Gasteiger partial charge in [0.05, 0.1) is 24.0 Å². The van der Waals surface area contributed by atoms with Gasteiger partial charge >= 0.3 is 0 Å². The van der Waals surface area contributed by atoms with E-state index >= 15 is 0 Å². The van der Waals surface area contributed by atoms with Gasteiger partial charge in [-0.05, 0) is 37.1 Å². The molecule has 1 N–H and O–H groups in total. The Hall–Kier alpha value is -2.61. The first kappa shape index (κ1) is 22.6. The van der Waals surface area contributed by atoms with Crippen LogP contribution in [0.3, 0.4) is 0 Å². The Bertz CT molecular complexity index is 1080. The van der Waals surface area contributed by atoms with Gasteiger partial charge in [-0.2, -0.15) is 0 Å². The molecule has 0 radical (unpaired) electrons. The number of rotatable bonds is 6. The van der Waals surface area contributed by atoms with E-state index in [0.29, 0.717) is 36.9 Å². The molecule has 5 nitrogen and oxygen atoms in total. The van der Waals surface area contributed by atoms with Crippen LogP contribution in [0.5, 0.6) is 0 Å². The molecular weight excluding hydrogens is 440 g/mol. The minimum Gasteiger partial charge on any atom is -0.378 e. The van der Waals surface area contributed by atoms with Crippen molar-refractivity contribution in [1.82, 2.24) is 4.90 Å². The minimum absolute atomic E-state index is 0.0529. The summed E-state index contributed by atoms with van der Waals surface area (Å²) >= 11 is 2.96. The van der Waals surface area contributed by atoms with E-state index in [4.69, 9.17) is 4.74 Å². The van der Waals surface area contributed by atoms with E-state index in [0.717, 1.165) is 20.9 Å². The molecule has 3 aromatic rings. The molecule has 0 spiro atoms. The van der Waals surface area contributed by atoms with Crippen molar-refractivity contribution in [2.75, 3.05) is 31.6 Å². The molecule has 1 aliphatic rings. The Morgan fingerprint density at radius 1 is 1.03 bits per heavy atom. The molecule has 0 aliphatic carbocycles. The molecule has 2 heterocycles. The highest BCUT2D eigenvalue weighted by molar-refractivity contribution is 8.00. The third-order valence-electron chi connectivity index (χ3n) is 5.36. The van der Waals surface area contributed by atoms with Gasteiger partial charge in [0.15, 0.2) is 0 Å². The Balaban J connectivity index is 1.63. The molecule has 7 heteroatoms. The first-order valence-corrected chi connectivity index (χ1v) is 12.3. The van der Waals surface area contributed by atoms with Crippen LogP contribution in [-0.2, 0) is 9.53 Å². The molecule has 1 aliphatic heterocycles. The van der Waals surface area contributed by atoms with Crippen LogP contribution in [0.15, 0.2) is 65.6 Å². The maximum absolute atomic E-state index is 13.4. The predicted molar refractivity (Wildman–Crippen MR) is 132 cm³/mol. The second kappa shape index (κ2) is 10.3. The van der Waals surface area contributed by atoms with E-state index in [2.05, 4.69) is 5.32 Å². The van der Waals surface area contributed by atoms with Gasteiger partial charge in [0, 0.05) is 22.9 Å². The average Bonchev–Trinajstić information content (AvgIpc) is 3.15. The summed E-state index contributed by atoms with van der Waals surface area (Å²) in [6, 6.07) is 19.8.